The van der Waals surface area contributed by atoms with Gasteiger partial charge in [0.2, 0.25) is 5.82 Å². The number of nitro groups is 3. The van der Waals surface area contributed by atoms with Crippen LogP contribution in [0.15, 0.2) is 72.8 Å². The highest BCUT2D eigenvalue weighted by atomic mass is 19.1. The van der Waals surface area contributed by atoms with Crippen LogP contribution in [0.1, 0.15) is 95.2 Å². The van der Waals surface area contributed by atoms with Gasteiger partial charge in [-0.05, 0) is 32.8 Å². The Kier molecular flexibility index (Phi) is 61.3. The van der Waals surface area contributed by atoms with Gasteiger partial charge in [-0.1, -0.05) is 120 Å². The Morgan fingerprint density at radius 3 is 0.957 bits per heavy atom. The molecular weight excluding hydrogens is 603 g/mol. The fourth-order valence-electron chi connectivity index (χ4n) is 2.65. The molecule has 10 nitrogen and oxygen atoms in total. The molecule has 1 fully saturated rings. The Morgan fingerprint density at radius 2 is 0.787 bits per heavy atom. The van der Waals surface area contributed by atoms with Crippen molar-refractivity contribution < 1.29 is 23.9 Å². The highest BCUT2D eigenvalue weighted by molar-refractivity contribution is 5.76. The van der Waals surface area contributed by atoms with E-state index in [0.717, 1.165) is 25.3 Å². The number of benzene rings is 3. The summed E-state index contributed by atoms with van der Waals surface area (Å²) in [5.74, 6) is -0.799. The second-order valence-corrected chi connectivity index (χ2v) is 7.12. The molecule has 13 heteroatoms. The lowest BCUT2D eigenvalue weighted by Crippen LogP contribution is -1.90. The van der Waals surface area contributed by atoms with Gasteiger partial charge < -0.3 is 4.74 Å². The fourth-order valence-corrected chi connectivity index (χ4v) is 2.65. The third-order valence-electron chi connectivity index (χ3n) is 4.50. The van der Waals surface area contributed by atoms with Crippen molar-refractivity contribution in [3.05, 3.63) is 120 Å². The van der Waals surface area contributed by atoms with Crippen LogP contribution in [-0.4, -0.2) is 44.8 Å². The molecule has 0 amide bonds. The smallest absolute Gasteiger partial charge is 0.304 e. The Bertz CT molecular complexity index is 999. The van der Waals surface area contributed by atoms with Gasteiger partial charge in [0.1, 0.15) is 0 Å². The van der Waals surface area contributed by atoms with Gasteiger partial charge >= 0.3 is 5.69 Å². The van der Waals surface area contributed by atoms with Gasteiger partial charge in [0.15, 0.2) is 0 Å². The molecule has 47 heavy (non-hydrogen) atoms. The first kappa shape index (κ1) is 65.5. The lowest BCUT2D eigenvalue weighted by atomic mass is 10.2. The van der Waals surface area contributed by atoms with Gasteiger partial charge in [-0.25, -0.2) is 0 Å². The van der Waals surface area contributed by atoms with E-state index in [0.29, 0.717) is 11.1 Å². The first-order valence-electron chi connectivity index (χ1n) is 13.5. The average molecular weight is 663 g/mol. The van der Waals surface area contributed by atoms with Crippen molar-refractivity contribution in [3.63, 3.8) is 0 Å². The van der Waals surface area contributed by atoms with Crippen LogP contribution in [0.3, 0.4) is 0 Å². The molecule has 0 N–H and O–H groups in total. The zero-order chi connectivity index (χ0) is 32.2. The Hall–Kier alpha value is -4.12. The second kappa shape index (κ2) is 44.0. The molecule has 1 heterocycles. The maximum Gasteiger partial charge on any atom is 0.304 e. The Labute approximate surface area is 288 Å². The molecule has 1 saturated heterocycles. The van der Waals surface area contributed by atoms with Crippen molar-refractivity contribution >= 4 is 33.9 Å². The van der Waals surface area contributed by atoms with Crippen molar-refractivity contribution in [2.75, 3.05) is 13.2 Å². The number of nitro benzene ring substituents is 3. The van der Waals surface area contributed by atoms with E-state index in [4.69, 9.17) is 4.74 Å². The minimum absolute atomic E-state index is 0. The minimum atomic E-state index is -0.799. The number of para-hydroxylation sites is 3. The fraction of sp³-hybridized carbons (Fsp3) is 0.471. The summed E-state index contributed by atoms with van der Waals surface area (Å²) in [5, 5.41) is 30.4. The largest absolute Gasteiger partial charge is 0.381 e. The van der Waals surface area contributed by atoms with Gasteiger partial charge in [0, 0.05) is 59.4 Å². The molecule has 0 unspecified atom stereocenters. The second-order valence-electron chi connectivity index (χ2n) is 7.12. The van der Waals surface area contributed by atoms with Crippen LogP contribution in [0.4, 0.5) is 21.5 Å². The maximum atomic E-state index is 12.4. The normalized spacial score (nSPS) is 8.87. The van der Waals surface area contributed by atoms with Crippen molar-refractivity contribution in [2.45, 2.75) is 97.9 Å². The number of nitrogens with zero attached hydrogens (tertiary/aromatic N) is 3. The number of rotatable bonds is 3. The van der Waals surface area contributed by atoms with Gasteiger partial charge in [-0.15, -0.1) is 0 Å². The molecule has 0 bridgehead atoms. The van der Waals surface area contributed by atoms with Gasteiger partial charge in [-0.2, -0.15) is 4.39 Å². The van der Waals surface area contributed by atoms with Crippen molar-refractivity contribution in [3.8, 4) is 0 Å². The maximum absolute atomic E-state index is 12.4. The summed E-state index contributed by atoms with van der Waals surface area (Å²) in [6, 6.07) is 18.3. The van der Waals surface area contributed by atoms with Crippen LogP contribution in [0.2, 0.25) is 0 Å². The molecule has 0 aromatic heterocycles. The van der Waals surface area contributed by atoms with E-state index in [1.54, 1.807) is 50.2 Å². The molecular formula is C34H60B2FN3O7. The van der Waals surface area contributed by atoms with Crippen LogP contribution in [0.25, 0.3) is 0 Å². The van der Waals surface area contributed by atoms with Crippen LogP contribution in [0.5, 0.6) is 0 Å². The molecule has 0 saturated carbocycles. The standard InChI is InChI=1S/2C7H7NO2.C6H4FNO2.C4H8O.3C2H6.4CH4.2B/c2*1-6-4-2-3-5-7(6)8(9)10;7-5-3-1-2-4-6(5)8(9)10;1-2-4-5-3-1;3*1-2;;;;;;/h2*2-5H,1H3;1-4H;1-4H2;3*1-2H3;4*1H4;;. The van der Waals surface area contributed by atoms with Crippen molar-refractivity contribution in [1.82, 2.24) is 0 Å². The predicted octanol–water partition coefficient (Wildman–Crippen LogP) is 11.2. The summed E-state index contributed by atoms with van der Waals surface area (Å²) in [5.41, 5.74) is 1.28. The number of halogens is 1. The summed E-state index contributed by atoms with van der Waals surface area (Å²) in [6.45, 7) is 17.4. The van der Waals surface area contributed by atoms with Gasteiger partial charge in [0.25, 0.3) is 11.4 Å². The van der Waals surface area contributed by atoms with E-state index in [-0.39, 0.29) is 67.8 Å². The lowest BCUT2D eigenvalue weighted by Gasteiger charge is -1.92. The average Bonchev–Trinajstić information content (AvgIpc) is 3.58. The highest BCUT2D eigenvalue weighted by Gasteiger charge is 2.10. The van der Waals surface area contributed by atoms with E-state index in [1.165, 1.54) is 37.1 Å². The summed E-state index contributed by atoms with van der Waals surface area (Å²) in [7, 11) is 0. The van der Waals surface area contributed by atoms with Crippen LogP contribution >= 0.6 is 0 Å². The van der Waals surface area contributed by atoms with E-state index >= 15 is 0 Å². The molecule has 1 aliphatic rings. The van der Waals surface area contributed by atoms with Crippen LogP contribution in [0, 0.1) is 50.0 Å². The summed E-state index contributed by atoms with van der Waals surface area (Å²) in [4.78, 5) is 28.9. The zero-order valence-corrected chi connectivity index (χ0v) is 26.5. The molecule has 3 aromatic carbocycles. The topological polar surface area (TPSA) is 139 Å². The van der Waals surface area contributed by atoms with E-state index in [9.17, 15) is 34.7 Å². The monoisotopic (exact) mass is 663 g/mol. The van der Waals surface area contributed by atoms with Crippen molar-refractivity contribution in [1.29, 1.82) is 0 Å². The third-order valence-corrected chi connectivity index (χ3v) is 4.50. The van der Waals surface area contributed by atoms with Gasteiger partial charge in [0.05, 0.1) is 14.8 Å². The Morgan fingerprint density at radius 1 is 0.532 bits per heavy atom. The minimum Gasteiger partial charge on any atom is -0.381 e. The number of ether oxygens (including phenoxy) is 1. The number of hydrogen-bond acceptors (Lipinski definition) is 7. The first-order chi connectivity index (χ1) is 19.6. The first-order valence-corrected chi connectivity index (χ1v) is 13.5. The molecule has 0 aliphatic carbocycles. The highest BCUT2D eigenvalue weighted by Crippen LogP contribution is 2.16. The third kappa shape index (κ3) is 31.6. The molecule has 6 radical (unpaired) electrons. The summed E-state index contributed by atoms with van der Waals surface area (Å²) >= 11 is 0. The number of hydrogen-bond donors (Lipinski definition) is 0. The van der Waals surface area contributed by atoms with Crippen molar-refractivity contribution in [2.24, 2.45) is 0 Å². The van der Waals surface area contributed by atoms with Crippen LogP contribution < -0.4 is 0 Å². The van der Waals surface area contributed by atoms with E-state index in [2.05, 4.69) is 0 Å². The summed E-state index contributed by atoms with van der Waals surface area (Å²) in [6.07, 6.45) is 2.56. The van der Waals surface area contributed by atoms with E-state index in [1.807, 2.05) is 41.5 Å². The molecule has 0 atom stereocenters. The molecule has 3 aromatic rings. The van der Waals surface area contributed by atoms with E-state index < -0.39 is 16.4 Å². The molecule has 4 rings (SSSR count). The Balaban J connectivity index is -0.0000000541. The quantitative estimate of drug-likeness (QED) is 0.154. The summed E-state index contributed by atoms with van der Waals surface area (Å²) < 4.78 is 17.3. The molecule has 266 valence electrons. The van der Waals surface area contributed by atoms with Crippen LogP contribution in [-0.2, 0) is 4.74 Å². The SMILES string of the molecule is C.C.C.C.C1CCOC1.CC.CC.CC.Cc1ccccc1[N+](=O)[O-].Cc1ccccc1[N+](=O)[O-].O=[N+]([O-])c1ccccc1F.[B].[B]. The number of aryl methyl sites for hydroxylation is 2. The molecule has 1 aliphatic heterocycles. The predicted molar refractivity (Wildman–Crippen MR) is 201 cm³/mol. The van der Waals surface area contributed by atoms with Gasteiger partial charge in [-0.3, -0.25) is 30.3 Å². The molecule has 0 spiro atoms. The zero-order valence-electron chi connectivity index (χ0n) is 26.5. The lowest BCUT2D eigenvalue weighted by molar-refractivity contribution is -0.387.